The molecule has 0 spiro atoms. The number of aromatic amines is 1. The molecule has 0 aliphatic heterocycles. The van der Waals surface area contributed by atoms with Gasteiger partial charge in [-0.05, 0) is 13.0 Å². The Hall–Kier alpha value is -2.90. The summed E-state index contributed by atoms with van der Waals surface area (Å²) in [6.07, 6.45) is 1.59. The van der Waals surface area contributed by atoms with Gasteiger partial charge < -0.3 is 15.3 Å². The van der Waals surface area contributed by atoms with Gasteiger partial charge in [0.1, 0.15) is 6.04 Å². The lowest BCUT2D eigenvalue weighted by atomic mass is 10.1. The number of aliphatic carboxylic acids is 1. The van der Waals surface area contributed by atoms with Crippen LogP contribution >= 0.6 is 0 Å². The number of aromatic nitrogens is 2. The highest BCUT2D eigenvalue weighted by Crippen LogP contribution is 2.18. The Morgan fingerprint density at radius 1 is 1.39 bits per heavy atom. The van der Waals surface area contributed by atoms with Crippen molar-refractivity contribution in [3.05, 3.63) is 30.0 Å². The first-order valence-electron chi connectivity index (χ1n) is 7.12. The minimum Gasteiger partial charge on any atom is -0.480 e. The molecule has 0 aliphatic carbocycles. The molecule has 1 aromatic carbocycles. The van der Waals surface area contributed by atoms with Crippen molar-refractivity contribution in [2.45, 2.75) is 19.9 Å². The summed E-state index contributed by atoms with van der Waals surface area (Å²) in [5.74, 6) is -1.78. The van der Waals surface area contributed by atoms with Gasteiger partial charge in [0.15, 0.2) is 0 Å². The van der Waals surface area contributed by atoms with E-state index in [-0.39, 0.29) is 19.0 Å². The minimum atomic E-state index is -1.11. The number of nitrogens with one attached hydrogen (secondary N) is 2. The second-order valence-corrected chi connectivity index (χ2v) is 5.14. The van der Waals surface area contributed by atoms with E-state index in [0.717, 1.165) is 5.39 Å². The molecular formula is C15H18N4O4. The molecule has 2 amide bonds. The molecule has 0 fully saturated rings. The highest BCUT2D eigenvalue weighted by molar-refractivity contribution is 6.06. The number of H-pyrrole nitrogens is 1. The van der Waals surface area contributed by atoms with E-state index >= 15 is 0 Å². The molecule has 8 heteroatoms. The van der Waals surface area contributed by atoms with E-state index in [4.69, 9.17) is 0 Å². The number of carbonyl (C=O) groups excluding carboxylic acids is 2. The van der Waals surface area contributed by atoms with Crippen molar-refractivity contribution in [3.63, 3.8) is 0 Å². The van der Waals surface area contributed by atoms with E-state index in [9.17, 15) is 19.5 Å². The number of para-hydroxylation sites is 1. The van der Waals surface area contributed by atoms with Crippen LogP contribution in [-0.4, -0.2) is 57.1 Å². The zero-order valence-corrected chi connectivity index (χ0v) is 12.9. The van der Waals surface area contributed by atoms with Crippen molar-refractivity contribution in [3.8, 4) is 0 Å². The van der Waals surface area contributed by atoms with Gasteiger partial charge in [0.05, 0.1) is 17.3 Å². The number of benzene rings is 1. The molecule has 1 unspecified atom stereocenters. The van der Waals surface area contributed by atoms with E-state index in [1.54, 1.807) is 24.4 Å². The molecule has 2 rings (SSSR count). The SMILES string of the molecule is CC(=O)NCCN(C(=O)c1cccc2cn[nH]c12)C(C)C(=O)O. The summed E-state index contributed by atoms with van der Waals surface area (Å²) >= 11 is 0. The fourth-order valence-corrected chi connectivity index (χ4v) is 2.26. The number of fused-ring (bicyclic) bond motifs is 1. The van der Waals surface area contributed by atoms with Gasteiger partial charge >= 0.3 is 5.97 Å². The van der Waals surface area contributed by atoms with Gasteiger partial charge in [0.2, 0.25) is 5.91 Å². The van der Waals surface area contributed by atoms with Crippen LogP contribution < -0.4 is 5.32 Å². The minimum absolute atomic E-state index is 0.0937. The van der Waals surface area contributed by atoms with Crippen LogP contribution in [0.25, 0.3) is 10.9 Å². The van der Waals surface area contributed by atoms with Crippen LogP contribution in [0.4, 0.5) is 0 Å². The summed E-state index contributed by atoms with van der Waals surface area (Å²) in [7, 11) is 0. The van der Waals surface area contributed by atoms with Gasteiger partial charge in [-0.25, -0.2) is 4.79 Å². The Bertz CT molecular complexity index is 740. The Morgan fingerprint density at radius 3 is 2.78 bits per heavy atom. The molecule has 1 aromatic heterocycles. The first kappa shape index (κ1) is 16.5. The maximum absolute atomic E-state index is 12.8. The summed E-state index contributed by atoms with van der Waals surface area (Å²) in [4.78, 5) is 36.2. The molecule has 1 heterocycles. The zero-order chi connectivity index (χ0) is 17.0. The molecule has 3 N–H and O–H groups in total. The van der Waals surface area contributed by atoms with E-state index in [2.05, 4.69) is 15.5 Å². The van der Waals surface area contributed by atoms with Crippen molar-refractivity contribution < 1.29 is 19.5 Å². The third kappa shape index (κ3) is 3.65. The van der Waals surface area contributed by atoms with Crippen LogP contribution in [0.3, 0.4) is 0 Å². The normalized spacial score (nSPS) is 11.9. The van der Waals surface area contributed by atoms with Crippen molar-refractivity contribution in [2.24, 2.45) is 0 Å². The second-order valence-electron chi connectivity index (χ2n) is 5.14. The van der Waals surface area contributed by atoms with Crippen LogP contribution in [0.5, 0.6) is 0 Å². The van der Waals surface area contributed by atoms with Gasteiger partial charge in [-0.15, -0.1) is 0 Å². The monoisotopic (exact) mass is 318 g/mol. The first-order chi connectivity index (χ1) is 10.9. The Kier molecular flexibility index (Phi) is 4.95. The molecule has 2 aromatic rings. The number of rotatable bonds is 6. The number of amides is 2. The fraction of sp³-hybridized carbons (Fsp3) is 0.333. The average Bonchev–Trinajstić information content (AvgIpc) is 2.98. The largest absolute Gasteiger partial charge is 0.480 e. The third-order valence-corrected chi connectivity index (χ3v) is 3.52. The standard InChI is InChI=1S/C15H18N4O4/c1-9(15(22)23)19(7-6-16-10(2)20)14(21)12-5-3-4-11-8-17-18-13(11)12/h3-5,8-9H,6-7H2,1-2H3,(H,16,20)(H,17,18)(H,22,23). The van der Waals surface area contributed by atoms with Crippen LogP contribution in [0.2, 0.25) is 0 Å². The summed E-state index contributed by atoms with van der Waals surface area (Å²) in [6, 6.07) is 4.11. The fourth-order valence-electron chi connectivity index (χ4n) is 2.26. The van der Waals surface area contributed by atoms with Gasteiger partial charge in [-0.3, -0.25) is 14.7 Å². The van der Waals surface area contributed by atoms with Crippen molar-refractivity contribution in [2.75, 3.05) is 13.1 Å². The zero-order valence-electron chi connectivity index (χ0n) is 12.9. The molecule has 8 nitrogen and oxygen atoms in total. The van der Waals surface area contributed by atoms with E-state index in [1.807, 2.05) is 0 Å². The number of nitrogens with zero attached hydrogens (tertiary/aromatic N) is 2. The topological polar surface area (TPSA) is 115 Å². The Balaban J connectivity index is 2.30. The van der Waals surface area contributed by atoms with Gasteiger partial charge in [-0.2, -0.15) is 5.10 Å². The van der Waals surface area contributed by atoms with E-state index in [1.165, 1.54) is 18.7 Å². The first-order valence-corrected chi connectivity index (χ1v) is 7.12. The molecule has 23 heavy (non-hydrogen) atoms. The summed E-state index contributed by atoms with van der Waals surface area (Å²) < 4.78 is 0. The van der Waals surface area contributed by atoms with Gasteiger partial charge in [0, 0.05) is 25.4 Å². The lowest BCUT2D eigenvalue weighted by molar-refractivity contribution is -0.141. The average molecular weight is 318 g/mol. The summed E-state index contributed by atoms with van der Waals surface area (Å²) in [5, 5.41) is 19.2. The lowest BCUT2D eigenvalue weighted by Crippen LogP contribution is -2.46. The third-order valence-electron chi connectivity index (χ3n) is 3.52. The maximum Gasteiger partial charge on any atom is 0.326 e. The number of hydrogen-bond donors (Lipinski definition) is 3. The number of carboxylic acids is 1. The molecule has 0 radical (unpaired) electrons. The summed E-state index contributed by atoms with van der Waals surface area (Å²) in [5.41, 5.74) is 0.899. The van der Waals surface area contributed by atoms with E-state index < -0.39 is 17.9 Å². The number of hydrogen-bond acceptors (Lipinski definition) is 4. The molecule has 0 bridgehead atoms. The predicted molar refractivity (Wildman–Crippen MR) is 82.9 cm³/mol. The highest BCUT2D eigenvalue weighted by atomic mass is 16.4. The van der Waals surface area contributed by atoms with Crippen molar-refractivity contribution in [1.82, 2.24) is 20.4 Å². The van der Waals surface area contributed by atoms with Crippen LogP contribution in [0.15, 0.2) is 24.4 Å². The van der Waals surface area contributed by atoms with Crippen molar-refractivity contribution >= 4 is 28.7 Å². The Morgan fingerprint density at radius 2 is 2.13 bits per heavy atom. The maximum atomic E-state index is 12.8. The molecule has 122 valence electrons. The smallest absolute Gasteiger partial charge is 0.326 e. The number of carbonyl (C=O) groups is 3. The molecule has 1 atom stereocenters. The quantitative estimate of drug-likeness (QED) is 0.722. The number of carboxylic acid groups (broad SMARTS) is 1. The molecule has 0 aliphatic rings. The molecule has 0 saturated carbocycles. The van der Waals surface area contributed by atoms with Crippen LogP contribution in [-0.2, 0) is 9.59 Å². The van der Waals surface area contributed by atoms with Crippen LogP contribution in [0, 0.1) is 0 Å². The Labute approximate surface area is 132 Å². The highest BCUT2D eigenvalue weighted by Gasteiger charge is 2.27. The second kappa shape index (κ2) is 6.91. The predicted octanol–water partition coefficient (Wildman–Crippen LogP) is 0.614. The van der Waals surface area contributed by atoms with Crippen molar-refractivity contribution in [1.29, 1.82) is 0 Å². The van der Waals surface area contributed by atoms with Crippen LogP contribution in [0.1, 0.15) is 24.2 Å². The summed E-state index contributed by atoms with van der Waals surface area (Å²) in [6.45, 7) is 3.06. The lowest BCUT2D eigenvalue weighted by Gasteiger charge is -2.26. The van der Waals surface area contributed by atoms with Gasteiger partial charge in [0.25, 0.3) is 5.91 Å². The molecule has 0 saturated heterocycles. The molecular weight excluding hydrogens is 300 g/mol. The van der Waals surface area contributed by atoms with E-state index in [0.29, 0.717) is 11.1 Å². The van der Waals surface area contributed by atoms with Gasteiger partial charge in [-0.1, -0.05) is 12.1 Å².